The van der Waals surface area contributed by atoms with Gasteiger partial charge in [0, 0.05) is 12.5 Å². The van der Waals surface area contributed by atoms with Crippen LogP contribution < -0.4 is 22.3 Å². The molecule has 0 radical (unpaired) electrons. The van der Waals surface area contributed by atoms with E-state index in [0.29, 0.717) is 5.56 Å². The van der Waals surface area contributed by atoms with Gasteiger partial charge in [-0.25, -0.2) is 13.8 Å². The molecule has 1 aromatic rings. The molecule has 5 nitrogen and oxygen atoms in total. The summed E-state index contributed by atoms with van der Waals surface area (Å²) in [6, 6.07) is 3.19. The Hall–Kier alpha value is -1.73. The van der Waals surface area contributed by atoms with E-state index in [-0.39, 0.29) is 12.4 Å². The average Bonchev–Trinajstić information content (AvgIpc) is 2.43. The Balaban J connectivity index is 2.21. The van der Waals surface area contributed by atoms with Crippen LogP contribution in [0.15, 0.2) is 23.2 Å². The fourth-order valence-corrected chi connectivity index (χ4v) is 1.55. The summed E-state index contributed by atoms with van der Waals surface area (Å²) in [5.74, 6) is -2.34. The van der Waals surface area contributed by atoms with Crippen LogP contribution in [0.3, 0.4) is 0 Å². The molecular formula is C9H11F2N5. The van der Waals surface area contributed by atoms with Crippen molar-refractivity contribution in [2.75, 3.05) is 0 Å². The van der Waals surface area contributed by atoms with Crippen molar-refractivity contribution in [2.45, 2.75) is 12.2 Å². The van der Waals surface area contributed by atoms with Gasteiger partial charge in [0.2, 0.25) is 5.96 Å². The lowest BCUT2D eigenvalue weighted by Gasteiger charge is -2.20. The molecule has 1 heterocycles. The Kier molecular flexibility index (Phi) is 2.49. The van der Waals surface area contributed by atoms with E-state index in [1.165, 1.54) is 12.1 Å². The highest BCUT2D eigenvalue weighted by Gasteiger charge is 2.29. The van der Waals surface area contributed by atoms with Gasteiger partial charge in [-0.2, -0.15) is 5.43 Å². The Bertz CT molecular complexity index is 427. The highest BCUT2D eigenvalue weighted by Crippen LogP contribution is 2.14. The third kappa shape index (κ3) is 2.26. The highest BCUT2D eigenvalue weighted by molar-refractivity contribution is 5.79. The number of nitrogens with one attached hydrogen (secondary N) is 2. The van der Waals surface area contributed by atoms with E-state index in [4.69, 9.17) is 11.5 Å². The van der Waals surface area contributed by atoms with E-state index in [0.717, 1.165) is 6.07 Å². The zero-order chi connectivity index (χ0) is 11.8. The van der Waals surface area contributed by atoms with Gasteiger partial charge in [0.1, 0.15) is 11.6 Å². The topological polar surface area (TPSA) is 88.5 Å². The zero-order valence-electron chi connectivity index (χ0n) is 8.30. The number of halogens is 2. The van der Waals surface area contributed by atoms with Crippen LogP contribution in [0.5, 0.6) is 0 Å². The second-order valence-corrected chi connectivity index (χ2v) is 3.63. The summed E-state index contributed by atoms with van der Waals surface area (Å²) in [7, 11) is 0. The van der Waals surface area contributed by atoms with Crippen LogP contribution in [0.2, 0.25) is 0 Å². The molecule has 0 fully saturated rings. The number of aliphatic imine (C=N–C) groups is 1. The molecule has 7 heteroatoms. The van der Waals surface area contributed by atoms with Crippen molar-refractivity contribution in [3.05, 3.63) is 35.4 Å². The maximum atomic E-state index is 12.9. The van der Waals surface area contributed by atoms with Crippen LogP contribution in [-0.4, -0.2) is 11.7 Å². The predicted molar refractivity (Wildman–Crippen MR) is 54.9 cm³/mol. The maximum Gasteiger partial charge on any atom is 0.206 e. The highest BCUT2D eigenvalue weighted by atomic mass is 19.1. The first-order valence-electron chi connectivity index (χ1n) is 4.59. The average molecular weight is 227 g/mol. The largest absolute Gasteiger partial charge is 0.369 e. The van der Waals surface area contributed by atoms with Crippen LogP contribution in [-0.2, 0) is 6.42 Å². The second-order valence-electron chi connectivity index (χ2n) is 3.63. The molecule has 0 aromatic heterocycles. The summed E-state index contributed by atoms with van der Waals surface area (Å²) in [5, 5.41) is 0. The number of benzene rings is 1. The minimum atomic E-state index is -1.18. The van der Waals surface area contributed by atoms with E-state index >= 15 is 0 Å². The van der Waals surface area contributed by atoms with Gasteiger partial charge in [-0.1, -0.05) is 0 Å². The van der Waals surface area contributed by atoms with Gasteiger partial charge in [0.25, 0.3) is 0 Å². The molecule has 0 amide bonds. The molecule has 0 bridgehead atoms. The quantitative estimate of drug-likeness (QED) is 0.550. The first-order valence-corrected chi connectivity index (χ1v) is 4.59. The summed E-state index contributed by atoms with van der Waals surface area (Å²) in [5.41, 5.74) is 16.7. The minimum absolute atomic E-state index is 0.120. The number of guanidine groups is 1. The molecule has 0 spiro atoms. The molecule has 6 N–H and O–H groups in total. The normalized spacial score (nSPS) is 24.1. The molecule has 1 unspecified atom stereocenters. The summed E-state index contributed by atoms with van der Waals surface area (Å²) < 4.78 is 25.9. The lowest BCUT2D eigenvalue weighted by molar-refractivity contribution is 0.359. The minimum Gasteiger partial charge on any atom is -0.369 e. The van der Waals surface area contributed by atoms with Crippen molar-refractivity contribution in [1.82, 2.24) is 10.9 Å². The zero-order valence-corrected chi connectivity index (χ0v) is 8.30. The number of rotatable bonds is 2. The van der Waals surface area contributed by atoms with Crippen LogP contribution in [0, 0.1) is 11.6 Å². The van der Waals surface area contributed by atoms with Crippen molar-refractivity contribution in [3.8, 4) is 0 Å². The summed E-state index contributed by atoms with van der Waals surface area (Å²) in [4.78, 5) is 3.88. The Morgan fingerprint density at radius 1 is 1.25 bits per heavy atom. The van der Waals surface area contributed by atoms with E-state index in [9.17, 15) is 8.78 Å². The van der Waals surface area contributed by atoms with Gasteiger partial charge in [-0.15, -0.1) is 0 Å². The Morgan fingerprint density at radius 2 is 1.88 bits per heavy atom. The lowest BCUT2D eigenvalue weighted by atomic mass is 10.1. The molecule has 1 atom stereocenters. The first-order chi connectivity index (χ1) is 7.47. The predicted octanol–water partition coefficient (Wildman–Crippen LogP) is -0.458. The number of hydrazine groups is 1. The van der Waals surface area contributed by atoms with Crippen molar-refractivity contribution >= 4 is 5.96 Å². The molecule has 16 heavy (non-hydrogen) atoms. The van der Waals surface area contributed by atoms with Crippen LogP contribution in [0.25, 0.3) is 0 Å². The van der Waals surface area contributed by atoms with Crippen molar-refractivity contribution in [1.29, 1.82) is 0 Å². The van der Waals surface area contributed by atoms with E-state index in [2.05, 4.69) is 15.8 Å². The van der Waals surface area contributed by atoms with Crippen LogP contribution in [0.1, 0.15) is 5.56 Å². The summed E-state index contributed by atoms with van der Waals surface area (Å²) in [6.45, 7) is 0. The Morgan fingerprint density at radius 3 is 2.38 bits per heavy atom. The van der Waals surface area contributed by atoms with E-state index < -0.39 is 17.4 Å². The molecule has 1 aliphatic rings. The standard InChI is InChI=1S/C9H11F2N5/c10-6-1-5(2-7(11)3-6)4-9(13)14-8(12)15-16-9/h1-3,16H,4,13H2,(H3,12,14,15). The molecule has 1 aromatic carbocycles. The maximum absolute atomic E-state index is 12.9. The van der Waals surface area contributed by atoms with Crippen LogP contribution in [0.4, 0.5) is 8.78 Å². The number of hydrogen-bond acceptors (Lipinski definition) is 5. The summed E-state index contributed by atoms with van der Waals surface area (Å²) in [6.07, 6.45) is 0.120. The number of nitrogens with two attached hydrogens (primary N) is 2. The summed E-state index contributed by atoms with van der Waals surface area (Å²) >= 11 is 0. The number of nitrogens with zero attached hydrogens (tertiary/aromatic N) is 1. The fraction of sp³-hybridized carbons (Fsp3) is 0.222. The van der Waals surface area contributed by atoms with E-state index in [1.807, 2.05) is 0 Å². The van der Waals surface area contributed by atoms with Gasteiger partial charge in [0.15, 0.2) is 5.79 Å². The van der Waals surface area contributed by atoms with Crippen molar-refractivity contribution in [2.24, 2.45) is 16.5 Å². The van der Waals surface area contributed by atoms with Crippen molar-refractivity contribution in [3.63, 3.8) is 0 Å². The molecule has 0 saturated carbocycles. The smallest absolute Gasteiger partial charge is 0.206 e. The van der Waals surface area contributed by atoms with E-state index in [1.54, 1.807) is 0 Å². The number of hydrogen-bond donors (Lipinski definition) is 4. The lowest BCUT2D eigenvalue weighted by Crippen LogP contribution is -2.54. The van der Waals surface area contributed by atoms with Gasteiger partial charge in [-0.3, -0.25) is 11.2 Å². The van der Waals surface area contributed by atoms with Gasteiger partial charge in [0.05, 0.1) is 0 Å². The second kappa shape index (κ2) is 3.69. The van der Waals surface area contributed by atoms with Crippen LogP contribution >= 0.6 is 0 Å². The monoisotopic (exact) mass is 227 g/mol. The third-order valence-electron chi connectivity index (χ3n) is 2.12. The van der Waals surface area contributed by atoms with Gasteiger partial charge < -0.3 is 5.73 Å². The van der Waals surface area contributed by atoms with Crippen molar-refractivity contribution < 1.29 is 8.78 Å². The first kappa shape index (κ1) is 10.8. The Labute approximate surface area is 90.5 Å². The fourth-order valence-electron chi connectivity index (χ4n) is 1.55. The molecular weight excluding hydrogens is 216 g/mol. The van der Waals surface area contributed by atoms with Gasteiger partial charge in [-0.05, 0) is 17.7 Å². The third-order valence-corrected chi connectivity index (χ3v) is 2.12. The van der Waals surface area contributed by atoms with Gasteiger partial charge >= 0.3 is 0 Å². The molecule has 0 saturated heterocycles. The molecule has 1 aliphatic heterocycles. The molecule has 2 rings (SSSR count). The molecule has 0 aliphatic carbocycles. The molecule has 86 valence electrons. The SMILES string of the molecule is NC1=NC(N)(Cc2cc(F)cc(F)c2)NN1.